The summed E-state index contributed by atoms with van der Waals surface area (Å²) in [5.41, 5.74) is 12.6. The first-order valence-electron chi connectivity index (χ1n) is 11.4. The van der Waals surface area contributed by atoms with Gasteiger partial charge in [0.15, 0.2) is 0 Å². The van der Waals surface area contributed by atoms with Crippen LogP contribution in [0.4, 0.5) is 0 Å². The maximum absolute atomic E-state index is 5.18. The van der Waals surface area contributed by atoms with Gasteiger partial charge in [-0.3, -0.25) is 0 Å². The maximum atomic E-state index is 5.18. The highest BCUT2D eigenvalue weighted by Crippen LogP contribution is 2.39. The van der Waals surface area contributed by atoms with E-state index >= 15 is 0 Å². The first-order chi connectivity index (χ1) is 15.8. The molecular formula is C31H25N. The standard InChI is InChI=1S/C31H25N/c1-21-9-5-7-13-27(21)31-20-26(22-10-3-2-4-11-22)19-30(32-31)25-16-15-24-17-23-12-6-8-14-28(23)29(24)18-25/h2-8,10-16,18-21H,9,17H2,1H3. The van der Waals surface area contributed by atoms with Crippen molar-refractivity contribution in [2.75, 3.05) is 0 Å². The fourth-order valence-corrected chi connectivity index (χ4v) is 4.99. The molecule has 3 aromatic carbocycles. The minimum atomic E-state index is 0.471. The molecule has 0 radical (unpaired) electrons. The molecule has 1 heteroatoms. The molecular weight excluding hydrogens is 386 g/mol. The van der Waals surface area contributed by atoms with E-state index in [1.54, 1.807) is 0 Å². The van der Waals surface area contributed by atoms with Crippen molar-refractivity contribution in [3.05, 3.63) is 120 Å². The molecule has 2 aliphatic rings. The van der Waals surface area contributed by atoms with E-state index in [1.807, 2.05) is 0 Å². The summed E-state index contributed by atoms with van der Waals surface area (Å²) in [4.78, 5) is 5.18. The van der Waals surface area contributed by atoms with Crippen LogP contribution >= 0.6 is 0 Å². The molecule has 0 spiro atoms. The van der Waals surface area contributed by atoms with Gasteiger partial charge in [0.05, 0.1) is 11.4 Å². The molecule has 4 aromatic rings. The van der Waals surface area contributed by atoms with Gasteiger partial charge in [-0.1, -0.05) is 91.9 Å². The molecule has 0 saturated carbocycles. The number of allylic oxidation sites excluding steroid dienone is 4. The van der Waals surface area contributed by atoms with E-state index in [9.17, 15) is 0 Å². The van der Waals surface area contributed by atoms with Gasteiger partial charge in [0.2, 0.25) is 0 Å². The lowest BCUT2D eigenvalue weighted by molar-refractivity contribution is 0.754. The molecule has 2 aliphatic carbocycles. The Morgan fingerprint density at radius 3 is 2.34 bits per heavy atom. The number of rotatable bonds is 3. The summed E-state index contributed by atoms with van der Waals surface area (Å²) in [6.45, 7) is 2.29. The summed E-state index contributed by atoms with van der Waals surface area (Å²) in [5, 5.41) is 0. The van der Waals surface area contributed by atoms with Crippen LogP contribution in [0.5, 0.6) is 0 Å². The largest absolute Gasteiger partial charge is 0.248 e. The lowest BCUT2D eigenvalue weighted by Crippen LogP contribution is -2.04. The summed E-state index contributed by atoms with van der Waals surface area (Å²) in [7, 11) is 0. The molecule has 0 N–H and O–H groups in total. The second-order valence-electron chi connectivity index (χ2n) is 8.89. The Morgan fingerprint density at radius 2 is 1.47 bits per heavy atom. The first kappa shape index (κ1) is 19.0. The van der Waals surface area contributed by atoms with Crippen LogP contribution in [-0.2, 0) is 6.42 Å². The Bertz CT molecular complexity index is 1370. The van der Waals surface area contributed by atoms with Gasteiger partial charge in [0.25, 0.3) is 0 Å². The minimum Gasteiger partial charge on any atom is -0.248 e. The van der Waals surface area contributed by atoms with Crippen molar-refractivity contribution in [3.63, 3.8) is 0 Å². The minimum absolute atomic E-state index is 0.471. The van der Waals surface area contributed by atoms with E-state index in [-0.39, 0.29) is 0 Å². The summed E-state index contributed by atoms with van der Waals surface area (Å²) < 4.78 is 0. The van der Waals surface area contributed by atoms with Crippen LogP contribution in [0.1, 0.15) is 30.2 Å². The number of benzene rings is 3. The summed E-state index contributed by atoms with van der Waals surface area (Å²) >= 11 is 0. The number of pyridine rings is 1. The fraction of sp³-hybridized carbons (Fsp3) is 0.129. The highest BCUT2D eigenvalue weighted by molar-refractivity contribution is 5.83. The van der Waals surface area contributed by atoms with Crippen LogP contribution in [-0.4, -0.2) is 4.98 Å². The van der Waals surface area contributed by atoms with Gasteiger partial charge in [-0.2, -0.15) is 0 Å². The molecule has 1 heterocycles. The van der Waals surface area contributed by atoms with Crippen LogP contribution < -0.4 is 0 Å². The summed E-state index contributed by atoms with van der Waals surface area (Å²) in [6, 6.07) is 30.7. The van der Waals surface area contributed by atoms with Crippen LogP contribution in [0.15, 0.2) is 103 Å². The van der Waals surface area contributed by atoms with E-state index in [4.69, 9.17) is 4.98 Å². The van der Waals surface area contributed by atoms with Crippen LogP contribution in [0.25, 0.3) is 39.1 Å². The second kappa shape index (κ2) is 7.76. The Morgan fingerprint density at radius 1 is 0.688 bits per heavy atom. The van der Waals surface area contributed by atoms with Gasteiger partial charge in [0, 0.05) is 5.56 Å². The van der Waals surface area contributed by atoms with Crippen molar-refractivity contribution in [1.29, 1.82) is 0 Å². The SMILES string of the molecule is CC1CC=CC=C1c1cc(-c2ccccc2)cc(-c2ccc3c(c2)-c2ccccc2C3)n1. The predicted molar refractivity (Wildman–Crippen MR) is 134 cm³/mol. The smallest absolute Gasteiger partial charge is 0.0715 e. The third-order valence-electron chi connectivity index (χ3n) is 6.75. The third kappa shape index (κ3) is 3.31. The fourth-order valence-electron chi connectivity index (χ4n) is 4.99. The Kier molecular flexibility index (Phi) is 4.61. The number of nitrogens with zero attached hydrogens (tertiary/aromatic N) is 1. The van der Waals surface area contributed by atoms with Gasteiger partial charge in [-0.05, 0) is 75.9 Å². The van der Waals surface area contributed by atoms with Crippen molar-refractivity contribution < 1.29 is 0 Å². The predicted octanol–water partition coefficient (Wildman–Crippen LogP) is 7.97. The molecule has 154 valence electrons. The Labute approximate surface area is 189 Å². The molecule has 1 atom stereocenters. The first-order valence-corrected chi connectivity index (χ1v) is 11.4. The molecule has 1 unspecified atom stereocenters. The van der Waals surface area contributed by atoms with Crippen molar-refractivity contribution in [2.45, 2.75) is 19.8 Å². The number of hydrogen-bond donors (Lipinski definition) is 0. The molecule has 32 heavy (non-hydrogen) atoms. The highest BCUT2D eigenvalue weighted by atomic mass is 14.7. The quantitative estimate of drug-likeness (QED) is 0.293. The zero-order valence-corrected chi connectivity index (χ0v) is 18.3. The zero-order chi connectivity index (χ0) is 21.5. The number of hydrogen-bond acceptors (Lipinski definition) is 1. The monoisotopic (exact) mass is 411 g/mol. The van der Waals surface area contributed by atoms with Crippen LogP contribution in [0.2, 0.25) is 0 Å². The van der Waals surface area contributed by atoms with Gasteiger partial charge in [-0.25, -0.2) is 4.98 Å². The summed E-state index contributed by atoms with van der Waals surface area (Å²) in [5.74, 6) is 0.471. The van der Waals surface area contributed by atoms with Crippen molar-refractivity contribution in [2.24, 2.45) is 5.92 Å². The van der Waals surface area contributed by atoms with Crippen molar-refractivity contribution in [3.8, 4) is 33.5 Å². The Hall–Kier alpha value is -3.71. The van der Waals surface area contributed by atoms with E-state index in [0.717, 1.165) is 24.2 Å². The number of fused-ring (bicyclic) bond motifs is 3. The van der Waals surface area contributed by atoms with Gasteiger partial charge < -0.3 is 0 Å². The van der Waals surface area contributed by atoms with E-state index in [2.05, 4.69) is 110 Å². The lowest BCUT2D eigenvalue weighted by atomic mass is 9.89. The van der Waals surface area contributed by atoms with Crippen LogP contribution in [0, 0.1) is 5.92 Å². The van der Waals surface area contributed by atoms with Gasteiger partial charge in [0.1, 0.15) is 0 Å². The molecule has 0 fully saturated rings. The molecule has 1 aromatic heterocycles. The van der Waals surface area contributed by atoms with Crippen molar-refractivity contribution >= 4 is 5.57 Å². The van der Waals surface area contributed by atoms with Gasteiger partial charge in [-0.15, -0.1) is 0 Å². The third-order valence-corrected chi connectivity index (χ3v) is 6.75. The maximum Gasteiger partial charge on any atom is 0.0715 e. The molecule has 0 amide bonds. The average molecular weight is 412 g/mol. The topological polar surface area (TPSA) is 12.9 Å². The van der Waals surface area contributed by atoms with Crippen LogP contribution in [0.3, 0.4) is 0 Å². The highest BCUT2D eigenvalue weighted by Gasteiger charge is 2.20. The zero-order valence-electron chi connectivity index (χ0n) is 18.3. The normalized spacial score (nSPS) is 16.4. The molecule has 0 bridgehead atoms. The van der Waals surface area contributed by atoms with Crippen molar-refractivity contribution in [1.82, 2.24) is 4.98 Å². The van der Waals surface area contributed by atoms with Gasteiger partial charge >= 0.3 is 0 Å². The van der Waals surface area contributed by atoms with E-state index < -0.39 is 0 Å². The average Bonchev–Trinajstić information content (AvgIpc) is 3.22. The van der Waals surface area contributed by atoms with E-state index in [0.29, 0.717) is 5.92 Å². The molecule has 6 rings (SSSR count). The second-order valence-corrected chi connectivity index (χ2v) is 8.89. The molecule has 1 nitrogen and oxygen atoms in total. The number of aromatic nitrogens is 1. The molecule has 0 aliphatic heterocycles. The van der Waals surface area contributed by atoms with E-state index in [1.165, 1.54) is 44.5 Å². The lowest BCUT2D eigenvalue weighted by Gasteiger charge is -2.19. The summed E-state index contributed by atoms with van der Waals surface area (Å²) in [6.07, 6.45) is 8.72. The molecule has 0 saturated heterocycles. The Balaban J connectivity index is 1.52.